The predicted octanol–water partition coefficient (Wildman–Crippen LogP) is 4.50. The molecule has 1 heterocycles. The van der Waals surface area contributed by atoms with E-state index in [4.69, 9.17) is 16.3 Å². The van der Waals surface area contributed by atoms with Gasteiger partial charge < -0.3 is 15.0 Å². The smallest absolute Gasteiger partial charge is 0.264 e. The number of nitrogens with one attached hydrogen (secondary N) is 2. The minimum atomic E-state index is -3.97. The van der Waals surface area contributed by atoms with Gasteiger partial charge in [0, 0.05) is 24.7 Å². The number of hydrogen-bond acceptors (Lipinski definition) is 5. The fourth-order valence-electron chi connectivity index (χ4n) is 4.23. The van der Waals surface area contributed by atoms with E-state index < -0.39 is 10.0 Å². The lowest BCUT2D eigenvalue weighted by molar-refractivity contribution is -0.120. The zero-order valence-corrected chi connectivity index (χ0v) is 19.4. The van der Waals surface area contributed by atoms with Gasteiger partial charge in [0.1, 0.15) is 4.90 Å². The van der Waals surface area contributed by atoms with Gasteiger partial charge in [-0.1, -0.05) is 43.0 Å². The maximum atomic E-state index is 13.4. The minimum absolute atomic E-state index is 0.0241. The lowest BCUT2D eigenvalue weighted by atomic mass is 9.88. The topological polar surface area (TPSA) is 87.7 Å². The standard InChI is InChI=1S/C23H28ClN3O4S/c24-19-8-4-5-9-20(19)26-32(29,30)22-16-18(25-23(28)17-6-2-1-3-7-17)10-11-21(22)27-12-14-31-15-13-27/h4-5,8-11,16-17,26H,1-3,6-7,12-15H2,(H,25,28). The number of sulfonamides is 1. The maximum Gasteiger partial charge on any atom is 0.264 e. The van der Waals surface area contributed by atoms with Crippen molar-refractivity contribution in [3.63, 3.8) is 0 Å². The molecule has 1 amide bonds. The molecule has 9 heteroatoms. The molecule has 172 valence electrons. The number of rotatable bonds is 6. The Balaban J connectivity index is 1.65. The number of ether oxygens (including phenoxy) is 1. The number of carbonyl (C=O) groups excluding carboxylic acids is 1. The molecule has 2 fully saturated rings. The Hall–Kier alpha value is -2.29. The fourth-order valence-corrected chi connectivity index (χ4v) is 5.80. The Bertz CT molecular complexity index is 1060. The molecule has 2 aromatic carbocycles. The van der Waals surface area contributed by atoms with Crippen LogP contribution in [0.2, 0.25) is 5.02 Å². The number of halogens is 1. The molecule has 0 radical (unpaired) electrons. The van der Waals surface area contributed by atoms with E-state index in [2.05, 4.69) is 10.0 Å². The molecule has 2 N–H and O–H groups in total. The maximum absolute atomic E-state index is 13.4. The highest BCUT2D eigenvalue weighted by Gasteiger charge is 2.26. The molecule has 2 aromatic rings. The largest absolute Gasteiger partial charge is 0.378 e. The quantitative estimate of drug-likeness (QED) is 0.639. The zero-order valence-electron chi connectivity index (χ0n) is 17.8. The van der Waals surface area contributed by atoms with Crippen LogP contribution < -0.4 is 14.9 Å². The van der Waals surface area contributed by atoms with Gasteiger partial charge in [-0.15, -0.1) is 0 Å². The minimum Gasteiger partial charge on any atom is -0.378 e. The van der Waals surface area contributed by atoms with Gasteiger partial charge in [0.15, 0.2) is 0 Å². The van der Waals surface area contributed by atoms with Crippen molar-refractivity contribution in [2.75, 3.05) is 41.2 Å². The van der Waals surface area contributed by atoms with Crippen LogP contribution in [-0.4, -0.2) is 40.6 Å². The van der Waals surface area contributed by atoms with Crippen LogP contribution in [-0.2, 0) is 19.6 Å². The first kappa shape index (κ1) is 22.9. The molecule has 1 saturated carbocycles. The molecule has 0 aromatic heterocycles. The summed E-state index contributed by atoms with van der Waals surface area (Å²) < 4.78 is 34.8. The van der Waals surface area contributed by atoms with E-state index in [1.165, 1.54) is 6.07 Å². The number of morpholine rings is 1. The average molecular weight is 478 g/mol. The summed E-state index contributed by atoms with van der Waals surface area (Å²) in [5, 5.41) is 3.24. The molecule has 4 rings (SSSR count). The molecule has 0 unspecified atom stereocenters. The Morgan fingerprint density at radius 1 is 1.03 bits per heavy atom. The van der Waals surface area contributed by atoms with Crippen molar-refractivity contribution in [3.05, 3.63) is 47.5 Å². The van der Waals surface area contributed by atoms with Gasteiger partial charge >= 0.3 is 0 Å². The van der Waals surface area contributed by atoms with Crippen molar-refractivity contribution >= 4 is 44.6 Å². The SMILES string of the molecule is O=C(Nc1ccc(N2CCOCC2)c(S(=O)(=O)Nc2ccccc2Cl)c1)C1CCCCC1. The van der Waals surface area contributed by atoms with Crippen molar-refractivity contribution in [1.29, 1.82) is 0 Å². The van der Waals surface area contributed by atoms with Gasteiger partial charge in [-0.05, 0) is 43.2 Å². The summed E-state index contributed by atoms with van der Waals surface area (Å²) >= 11 is 6.18. The molecule has 7 nitrogen and oxygen atoms in total. The van der Waals surface area contributed by atoms with E-state index in [0.29, 0.717) is 48.4 Å². The first-order valence-electron chi connectivity index (χ1n) is 11.0. The van der Waals surface area contributed by atoms with Gasteiger partial charge in [0.25, 0.3) is 10.0 Å². The second-order valence-electron chi connectivity index (χ2n) is 8.19. The fraction of sp³-hybridized carbons (Fsp3) is 0.435. The normalized spacial score (nSPS) is 17.7. The highest BCUT2D eigenvalue weighted by molar-refractivity contribution is 7.93. The summed E-state index contributed by atoms with van der Waals surface area (Å²) in [4.78, 5) is 14.8. The molecule has 1 saturated heterocycles. The second kappa shape index (κ2) is 10.1. The van der Waals surface area contributed by atoms with Crippen molar-refractivity contribution < 1.29 is 17.9 Å². The van der Waals surface area contributed by atoms with Gasteiger partial charge in [0.2, 0.25) is 5.91 Å². The van der Waals surface area contributed by atoms with E-state index in [1.54, 1.807) is 36.4 Å². The van der Waals surface area contributed by atoms with E-state index in [1.807, 2.05) is 4.90 Å². The number of benzene rings is 2. The van der Waals surface area contributed by atoms with E-state index >= 15 is 0 Å². The first-order valence-corrected chi connectivity index (χ1v) is 12.8. The van der Waals surface area contributed by atoms with Crippen molar-refractivity contribution in [2.24, 2.45) is 5.92 Å². The van der Waals surface area contributed by atoms with Crippen molar-refractivity contribution in [3.8, 4) is 0 Å². The van der Waals surface area contributed by atoms with Crippen molar-refractivity contribution in [1.82, 2.24) is 0 Å². The molecular formula is C23H28ClN3O4S. The van der Waals surface area contributed by atoms with Crippen LogP contribution >= 0.6 is 11.6 Å². The van der Waals surface area contributed by atoms with E-state index in [9.17, 15) is 13.2 Å². The Morgan fingerprint density at radius 2 is 1.75 bits per heavy atom. The van der Waals surface area contributed by atoms with Crippen molar-refractivity contribution in [2.45, 2.75) is 37.0 Å². The van der Waals surface area contributed by atoms with Crippen LogP contribution in [0.4, 0.5) is 17.1 Å². The number of amides is 1. The van der Waals surface area contributed by atoms with Crippen LogP contribution in [0.3, 0.4) is 0 Å². The number of carbonyl (C=O) groups is 1. The monoisotopic (exact) mass is 477 g/mol. The van der Waals surface area contributed by atoms with Crippen LogP contribution in [0.5, 0.6) is 0 Å². The lowest BCUT2D eigenvalue weighted by Crippen LogP contribution is -2.37. The number of anilines is 3. The molecule has 0 atom stereocenters. The van der Waals surface area contributed by atoms with Gasteiger partial charge in [-0.3, -0.25) is 9.52 Å². The molecular weight excluding hydrogens is 450 g/mol. The Labute approximate surface area is 194 Å². The average Bonchev–Trinajstić information content (AvgIpc) is 2.81. The van der Waals surface area contributed by atoms with Gasteiger partial charge in [-0.2, -0.15) is 0 Å². The molecule has 1 aliphatic heterocycles. The third-order valence-corrected chi connectivity index (χ3v) is 7.69. The molecule has 1 aliphatic carbocycles. The first-order chi connectivity index (χ1) is 15.4. The van der Waals surface area contributed by atoms with Crippen LogP contribution in [0.1, 0.15) is 32.1 Å². The third kappa shape index (κ3) is 5.36. The Kier molecular flexibility index (Phi) is 7.23. The third-order valence-electron chi connectivity index (χ3n) is 5.96. The summed E-state index contributed by atoms with van der Waals surface area (Å²) in [5.41, 5.74) is 1.35. The van der Waals surface area contributed by atoms with E-state index in [-0.39, 0.29) is 16.7 Å². The summed E-state index contributed by atoms with van der Waals surface area (Å²) in [7, 11) is -3.97. The molecule has 0 bridgehead atoms. The number of hydrogen-bond donors (Lipinski definition) is 2. The summed E-state index contributed by atoms with van der Waals surface area (Å²) in [5.74, 6) is -0.0739. The molecule has 0 spiro atoms. The second-order valence-corrected chi connectivity index (χ2v) is 10.2. The zero-order chi connectivity index (χ0) is 22.6. The van der Waals surface area contributed by atoms with Crippen LogP contribution in [0.15, 0.2) is 47.4 Å². The highest BCUT2D eigenvalue weighted by Crippen LogP contribution is 2.33. The summed E-state index contributed by atoms with van der Waals surface area (Å²) in [6.07, 6.45) is 5.01. The summed E-state index contributed by atoms with van der Waals surface area (Å²) in [6, 6.07) is 11.7. The summed E-state index contributed by atoms with van der Waals surface area (Å²) in [6.45, 7) is 2.22. The van der Waals surface area contributed by atoms with Gasteiger partial charge in [0.05, 0.1) is 29.6 Å². The highest BCUT2D eigenvalue weighted by atomic mass is 35.5. The van der Waals surface area contributed by atoms with Crippen LogP contribution in [0.25, 0.3) is 0 Å². The van der Waals surface area contributed by atoms with E-state index in [0.717, 1.165) is 32.1 Å². The van der Waals surface area contributed by atoms with Gasteiger partial charge in [-0.25, -0.2) is 8.42 Å². The predicted molar refractivity (Wildman–Crippen MR) is 127 cm³/mol. The van der Waals surface area contributed by atoms with Crippen LogP contribution in [0, 0.1) is 5.92 Å². The molecule has 32 heavy (non-hydrogen) atoms. The number of para-hydroxylation sites is 1. The molecule has 2 aliphatic rings. The Morgan fingerprint density at radius 3 is 2.47 bits per heavy atom. The number of nitrogens with zero attached hydrogens (tertiary/aromatic N) is 1. The lowest BCUT2D eigenvalue weighted by Gasteiger charge is -2.31.